The fourth-order valence-corrected chi connectivity index (χ4v) is 6.24. The summed E-state index contributed by atoms with van der Waals surface area (Å²) in [6, 6.07) is 5.53. The monoisotopic (exact) mass is 586 g/mol. The van der Waals surface area contributed by atoms with E-state index >= 15 is 0 Å². The third kappa shape index (κ3) is 7.14. The first-order chi connectivity index (χ1) is 18.9. The molecule has 2 aromatic carbocycles. The number of nitrogens with one attached hydrogen (secondary N) is 1. The molecule has 1 aliphatic rings. The van der Waals surface area contributed by atoms with Crippen molar-refractivity contribution < 1.29 is 14.3 Å². The number of rotatable bonds is 10. The number of aromatic nitrogens is 1. The number of aryl methyl sites for hydroxylation is 1. The highest BCUT2D eigenvalue weighted by Gasteiger charge is 2.23. The van der Waals surface area contributed by atoms with Crippen LogP contribution in [0.2, 0.25) is 5.02 Å². The number of amides is 1. The SMILES string of the molecule is Cc1c(Cl)cc(C(C)C)c2oc(SCCN3CCN(CC(=O)Nc4c(C(C)C)cc(O)cc4C(C)C)CC3)nc12. The van der Waals surface area contributed by atoms with Gasteiger partial charge in [0, 0.05) is 54.8 Å². The molecule has 1 aromatic heterocycles. The number of nitrogens with zero attached hydrogens (tertiary/aromatic N) is 3. The standard InChI is InChI=1S/C31H43ClN4O3S/c1-18(2)23-14-22(37)15-24(19(3)4)29(23)33-27(38)17-36-10-8-35(9-11-36)12-13-40-31-34-28-21(7)26(32)16-25(20(5)6)30(28)39-31/h14-16,18-20,37H,8-13,17H2,1-7H3,(H,33,38). The van der Waals surface area contributed by atoms with E-state index in [1.807, 2.05) is 13.0 Å². The molecule has 218 valence electrons. The summed E-state index contributed by atoms with van der Waals surface area (Å²) in [6.45, 7) is 19.4. The average Bonchev–Trinajstić information content (AvgIpc) is 3.32. The van der Waals surface area contributed by atoms with Gasteiger partial charge in [-0.15, -0.1) is 0 Å². The molecule has 1 fully saturated rings. The Kier molecular flexibility index (Phi) is 10.1. The summed E-state index contributed by atoms with van der Waals surface area (Å²) < 4.78 is 6.16. The Bertz CT molecular complexity index is 1320. The normalized spacial score (nSPS) is 15.2. The molecule has 0 unspecified atom stereocenters. The lowest BCUT2D eigenvalue weighted by atomic mass is 9.92. The molecule has 1 amide bonds. The highest BCUT2D eigenvalue weighted by atomic mass is 35.5. The minimum atomic E-state index is -0.00869. The van der Waals surface area contributed by atoms with Crippen LogP contribution in [0.5, 0.6) is 5.75 Å². The van der Waals surface area contributed by atoms with E-state index in [0.717, 1.165) is 82.5 Å². The van der Waals surface area contributed by atoms with E-state index in [4.69, 9.17) is 21.0 Å². The van der Waals surface area contributed by atoms with Crippen molar-refractivity contribution in [2.24, 2.45) is 0 Å². The van der Waals surface area contributed by atoms with Gasteiger partial charge in [-0.1, -0.05) is 64.9 Å². The highest BCUT2D eigenvalue weighted by Crippen LogP contribution is 2.37. The van der Waals surface area contributed by atoms with Gasteiger partial charge in [0.15, 0.2) is 5.58 Å². The van der Waals surface area contributed by atoms with Gasteiger partial charge in [-0.05, 0) is 59.6 Å². The number of benzene rings is 2. The van der Waals surface area contributed by atoms with Crippen molar-refractivity contribution in [3.8, 4) is 5.75 Å². The van der Waals surface area contributed by atoms with E-state index in [2.05, 4.69) is 56.7 Å². The van der Waals surface area contributed by atoms with Gasteiger partial charge in [-0.25, -0.2) is 4.98 Å². The first-order valence-corrected chi connectivity index (χ1v) is 15.6. The van der Waals surface area contributed by atoms with E-state index in [1.165, 1.54) is 0 Å². The number of hydrogen-bond donors (Lipinski definition) is 2. The second-order valence-corrected chi connectivity index (χ2v) is 13.2. The number of aromatic hydroxyl groups is 1. The number of thioether (sulfide) groups is 1. The Morgan fingerprint density at radius 3 is 2.15 bits per heavy atom. The number of carbonyl (C=O) groups is 1. The van der Waals surface area contributed by atoms with Crippen molar-refractivity contribution in [1.29, 1.82) is 0 Å². The number of halogens is 1. The molecule has 0 saturated carbocycles. The number of carbonyl (C=O) groups excluding carboxylic acids is 1. The van der Waals surface area contributed by atoms with Gasteiger partial charge in [0.2, 0.25) is 5.91 Å². The Morgan fingerprint density at radius 1 is 1.00 bits per heavy atom. The van der Waals surface area contributed by atoms with Crippen LogP contribution in [0.1, 0.15) is 81.5 Å². The molecule has 2 N–H and O–H groups in total. The zero-order valence-electron chi connectivity index (χ0n) is 24.8. The lowest BCUT2D eigenvalue weighted by Crippen LogP contribution is -2.49. The summed E-state index contributed by atoms with van der Waals surface area (Å²) in [5.41, 5.74) is 6.55. The zero-order valence-corrected chi connectivity index (χ0v) is 26.4. The van der Waals surface area contributed by atoms with Crippen LogP contribution in [-0.2, 0) is 4.79 Å². The van der Waals surface area contributed by atoms with Gasteiger partial charge in [0.05, 0.1) is 6.54 Å². The van der Waals surface area contributed by atoms with E-state index in [0.29, 0.717) is 17.7 Å². The minimum absolute atomic E-state index is 0.00869. The quantitative estimate of drug-likeness (QED) is 0.192. The Balaban J connectivity index is 1.28. The average molecular weight is 587 g/mol. The lowest BCUT2D eigenvalue weighted by molar-refractivity contribution is -0.117. The topological polar surface area (TPSA) is 81.8 Å². The maximum Gasteiger partial charge on any atom is 0.256 e. The summed E-state index contributed by atoms with van der Waals surface area (Å²) in [7, 11) is 0. The fourth-order valence-electron chi connectivity index (χ4n) is 5.21. The minimum Gasteiger partial charge on any atom is -0.508 e. The Hall–Kier alpha value is -2.26. The fraction of sp³-hybridized carbons (Fsp3) is 0.548. The first-order valence-electron chi connectivity index (χ1n) is 14.3. The number of hydrogen-bond acceptors (Lipinski definition) is 7. The van der Waals surface area contributed by atoms with Crippen LogP contribution in [0.4, 0.5) is 5.69 Å². The first kappa shape index (κ1) is 30.7. The molecule has 4 rings (SSSR count). The van der Waals surface area contributed by atoms with E-state index < -0.39 is 0 Å². The number of piperazine rings is 1. The molecule has 9 heteroatoms. The summed E-state index contributed by atoms with van der Waals surface area (Å²) in [6.07, 6.45) is 0. The van der Waals surface area contributed by atoms with Gasteiger partial charge in [-0.3, -0.25) is 14.6 Å². The summed E-state index contributed by atoms with van der Waals surface area (Å²) in [4.78, 5) is 22.4. The molecule has 0 aliphatic carbocycles. The number of oxazole rings is 1. The lowest BCUT2D eigenvalue weighted by Gasteiger charge is -2.34. The van der Waals surface area contributed by atoms with Crippen LogP contribution in [0, 0.1) is 6.92 Å². The number of fused-ring (bicyclic) bond motifs is 1. The van der Waals surface area contributed by atoms with Crippen molar-refractivity contribution in [2.45, 2.75) is 71.4 Å². The van der Waals surface area contributed by atoms with Crippen molar-refractivity contribution in [1.82, 2.24) is 14.8 Å². The molecular formula is C31H43ClN4O3S. The van der Waals surface area contributed by atoms with Crippen molar-refractivity contribution in [2.75, 3.05) is 50.3 Å². The smallest absolute Gasteiger partial charge is 0.256 e. The molecule has 0 bridgehead atoms. The predicted molar refractivity (Wildman–Crippen MR) is 166 cm³/mol. The van der Waals surface area contributed by atoms with Gasteiger partial charge >= 0.3 is 0 Å². The molecule has 0 spiro atoms. The Labute approximate surface area is 247 Å². The molecule has 7 nitrogen and oxygen atoms in total. The molecule has 1 aliphatic heterocycles. The van der Waals surface area contributed by atoms with Gasteiger partial charge in [0.25, 0.3) is 5.22 Å². The van der Waals surface area contributed by atoms with Crippen LogP contribution in [0.25, 0.3) is 11.1 Å². The second-order valence-electron chi connectivity index (χ2n) is 11.7. The summed E-state index contributed by atoms with van der Waals surface area (Å²) >= 11 is 8.08. The van der Waals surface area contributed by atoms with Crippen LogP contribution < -0.4 is 5.32 Å². The Morgan fingerprint density at radius 2 is 1.57 bits per heavy atom. The van der Waals surface area contributed by atoms with Crippen LogP contribution in [0.15, 0.2) is 27.8 Å². The van der Waals surface area contributed by atoms with E-state index in [1.54, 1.807) is 23.9 Å². The van der Waals surface area contributed by atoms with Crippen LogP contribution >= 0.6 is 23.4 Å². The van der Waals surface area contributed by atoms with E-state index in [9.17, 15) is 9.90 Å². The molecule has 0 atom stereocenters. The van der Waals surface area contributed by atoms with Crippen molar-refractivity contribution in [3.05, 3.63) is 45.5 Å². The van der Waals surface area contributed by atoms with Gasteiger partial charge < -0.3 is 14.8 Å². The maximum absolute atomic E-state index is 13.1. The maximum atomic E-state index is 13.1. The molecule has 40 heavy (non-hydrogen) atoms. The van der Waals surface area contributed by atoms with Crippen LogP contribution in [-0.4, -0.2) is 70.8 Å². The molecule has 3 aromatic rings. The van der Waals surface area contributed by atoms with Crippen LogP contribution in [0.3, 0.4) is 0 Å². The number of phenols is 1. The van der Waals surface area contributed by atoms with Crippen molar-refractivity contribution >= 4 is 46.1 Å². The second kappa shape index (κ2) is 13.1. The highest BCUT2D eigenvalue weighted by molar-refractivity contribution is 7.99. The molecule has 2 heterocycles. The van der Waals surface area contributed by atoms with Gasteiger partial charge in [0.1, 0.15) is 11.3 Å². The number of anilines is 1. The zero-order chi connectivity index (χ0) is 29.1. The summed E-state index contributed by atoms with van der Waals surface area (Å²) in [5.74, 6) is 1.81. The third-order valence-corrected chi connectivity index (χ3v) is 8.85. The molecule has 0 radical (unpaired) electrons. The number of phenolic OH excluding ortho intramolecular Hbond substituents is 1. The molecular weight excluding hydrogens is 544 g/mol. The largest absolute Gasteiger partial charge is 0.508 e. The van der Waals surface area contributed by atoms with Gasteiger partial charge in [-0.2, -0.15) is 0 Å². The third-order valence-electron chi connectivity index (χ3n) is 7.65. The summed E-state index contributed by atoms with van der Waals surface area (Å²) in [5, 5.41) is 14.8. The molecule has 1 saturated heterocycles. The predicted octanol–water partition coefficient (Wildman–Crippen LogP) is 7.21. The van der Waals surface area contributed by atoms with Crippen molar-refractivity contribution in [3.63, 3.8) is 0 Å². The van der Waals surface area contributed by atoms with E-state index in [-0.39, 0.29) is 23.5 Å².